The van der Waals surface area contributed by atoms with Gasteiger partial charge in [-0.05, 0) is 34.6 Å². The van der Waals surface area contributed by atoms with Crippen LogP contribution in [0.25, 0.3) is 0 Å². The highest BCUT2D eigenvalue weighted by molar-refractivity contribution is 6.64. The number of nitrogens with two attached hydrogens (primary N) is 1. The van der Waals surface area contributed by atoms with Crippen LogP contribution in [0.1, 0.15) is 33.3 Å². The van der Waals surface area contributed by atoms with E-state index in [0.717, 1.165) is 0 Å². The molecule has 0 unspecified atom stereocenters. The Morgan fingerprint density at radius 3 is 2.15 bits per heavy atom. The summed E-state index contributed by atoms with van der Waals surface area (Å²) in [4.78, 5) is 10.5. The summed E-state index contributed by atoms with van der Waals surface area (Å²) in [5.74, 6) is 0. The van der Waals surface area contributed by atoms with Gasteiger partial charge in [-0.2, -0.15) is 0 Å². The van der Waals surface area contributed by atoms with Crippen LogP contribution in [0.15, 0.2) is 12.1 Å². The fourth-order valence-electron chi connectivity index (χ4n) is 2.11. The molecule has 20 heavy (non-hydrogen) atoms. The summed E-state index contributed by atoms with van der Waals surface area (Å²) in [7, 11) is -0.612. The Bertz CT molecular complexity index is 556. The lowest BCUT2D eigenvalue weighted by atomic mass is 9.77. The van der Waals surface area contributed by atoms with E-state index in [2.05, 4.69) is 0 Å². The summed E-state index contributed by atoms with van der Waals surface area (Å²) in [6.07, 6.45) is 0. The zero-order chi connectivity index (χ0) is 15.3. The highest BCUT2D eigenvalue weighted by Crippen LogP contribution is 2.37. The third kappa shape index (κ3) is 2.27. The van der Waals surface area contributed by atoms with E-state index >= 15 is 0 Å². The third-order valence-electron chi connectivity index (χ3n) is 4.11. The van der Waals surface area contributed by atoms with Crippen LogP contribution in [0, 0.1) is 17.0 Å². The molecule has 0 saturated carbocycles. The molecule has 0 amide bonds. The van der Waals surface area contributed by atoms with Gasteiger partial charge in [-0.25, -0.2) is 0 Å². The zero-order valence-electron chi connectivity index (χ0n) is 12.4. The number of rotatable bonds is 2. The van der Waals surface area contributed by atoms with E-state index in [0.29, 0.717) is 16.7 Å². The van der Waals surface area contributed by atoms with Crippen molar-refractivity contribution >= 4 is 24.0 Å². The highest BCUT2D eigenvalue weighted by atomic mass is 16.7. The summed E-state index contributed by atoms with van der Waals surface area (Å²) >= 11 is 0. The van der Waals surface area contributed by atoms with E-state index in [1.54, 1.807) is 13.0 Å². The maximum atomic E-state index is 10.9. The Labute approximate surface area is 118 Å². The molecule has 0 radical (unpaired) electrons. The van der Waals surface area contributed by atoms with Crippen molar-refractivity contribution < 1.29 is 14.2 Å². The lowest BCUT2D eigenvalue weighted by Crippen LogP contribution is -2.41. The fraction of sp³-hybridized carbons (Fsp3) is 0.538. The molecule has 0 aliphatic carbocycles. The van der Waals surface area contributed by atoms with Gasteiger partial charge in [0, 0.05) is 22.8 Å². The second-order valence-electron chi connectivity index (χ2n) is 6.11. The van der Waals surface area contributed by atoms with Gasteiger partial charge in [0.05, 0.1) is 16.1 Å². The molecular formula is C13H19BN2O4. The van der Waals surface area contributed by atoms with Gasteiger partial charge < -0.3 is 15.0 Å². The SMILES string of the molecule is Cc1cc(B2OC(C)(C)C(C)(C)O2)c(N)cc1[N+](=O)[O-]. The number of nitro groups is 1. The summed E-state index contributed by atoms with van der Waals surface area (Å²) in [5.41, 5.74) is 6.45. The number of hydrogen-bond donors (Lipinski definition) is 1. The molecule has 1 heterocycles. The van der Waals surface area contributed by atoms with Crippen LogP contribution < -0.4 is 11.2 Å². The van der Waals surface area contributed by atoms with Crippen LogP contribution in [0.3, 0.4) is 0 Å². The van der Waals surface area contributed by atoms with E-state index < -0.39 is 23.2 Å². The van der Waals surface area contributed by atoms with E-state index in [9.17, 15) is 10.1 Å². The van der Waals surface area contributed by atoms with Crippen LogP contribution in [0.4, 0.5) is 11.4 Å². The molecular weight excluding hydrogens is 259 g/mol. The van der Waals surface area contributed by atoms with E-state index in [4.69, 9.17) is 15.0 Å². The maximum Gasteiger partial charge on any atom is 0.496 e. The van der Waals surface area contributed by atoms with Gasteiger partial charge in [-0.1, -0.05) is 6.07 Å². The number of nitro benzene ring substituents is 1. The third-order valence-corrected chi connectivity index (χ3v) is 4.11. The van der Waals surface area contributed by atoms with Crippen LogP contribution in [-0.4, -0.2) is 23.2 Å². The topological polar surface area (TPSA) is 87.6 Å². The molecule has 2 N–H and O–H groups in total. The number of anilines is 1. The van der Waals surface area contributed by atoms with Crippen LogP contribution in [-0.2, 0) is 9.31 Å². The molecule has 2 rings (SSSR count). The molecule has 1 aromatic carbocycles. The van der Waals surface area contributed by atoms with Crippen molar-refractivity contribution in [3.63, 3.8) is 0 Å². The first-order chi connectivity index (χ1) is 9.05. The van der Waals surface area contributed by atoms with Crippen molar-refractivity contribution in [3.8, 4) is 0 Å². The van der Waals surface area contributed by atoms with Crippen molar-refractivity contribution in [3.05, 3.63) is 27.8 Å². The van der Waals surface area contributed by atoms with Crippen LogP contribution >= 0.6 is 0 Å². The monoisotopic (exact) mass is 278 g/mol. The smallest absolute Gasteiger partial charge is 0.399 e. The molecule has 1 aliphatic heterocycles. The van der Waals surface area contributed by atoms with Gasteiger partial charge in [0.15, 0.2) is 0 Å². The van der Waals surface area contributed by atoms with Gasteiger partial charge >= 0.3 is 7.12 Å². The van der Waals surface area contributed by atoms with Crippen molar-refractivity contribution in [1.29, 1.82) is 0 Å². The van der Waals surface area contributed by atoms with Crippen LogP contribution in [0.2, 0.25) is 0 Å². The minimum atomic E-state index is -0.612. The van der Waals surface area contributed by atoms with Crippen molar-refractivity contribution in [2.45, 2.75) is 45.8 Å². The Kier molecular flexibility index (Phi) is 3.30. The van der Waals surface area contributed by atoms with Crippen molar-refractivity contribution in [2.75, 3.05) is 5.73 Å². The molecule has 1 aliphatic rings. The van der Waals surface area contributed by atoms with Crippen molar-refractivity contribution in [1.82, 2.24) is 0 Å². The van der Waals surface area contributed by atoms with E-state index in [1.807, 2.05) is 27.7 Å². The Hall–Kier alpha value is -1.60. The molecule has 108 valence electrons. The minimum Gasteiger partial charge on any atom is -0.399 e. The number of hydrogen-bond acceptors (Lipinski definition) is 5. The van der Waals surface area contributed by atoms with E-state index in [1.165, 1.54) is 6.07 Å². The normalized spacial score (nSPS) is 20.1. The summed E-state index contributed by atoms with van der Waals surface area (Å²) in [6, 6.07) is 3.02. The second kappa shape index (κ2) is 4.46. The average Bonchev–Trinajstić information content (AvgIpc) is 2.50. The summed E-state index contributed by atoms with van der Waals surface area (Å²) in [5, 5.41) is 10.9. The first-order valence-electron chi connectivity index (χ1n) is 6.45. The molecule has 0 atom stereocenters. The standard InChI is InChI=1S/C13H19BN2O4/c1-8-6-9(10(15)7-11(8)16(17)18)14-19-12(2,3)13(4,5)20-14/h6-7H,15H2,1-5H3. The van der Waals surface area contributed by atoms with Gasteiger partial charge in [0.25, 0.3) is 5.69 Å². The number of benzene rings is 1. The second-order valence-corrected chi connectivity index (χ2v) is 6.11. The molecule has 1 saturated heterocycles. The maximum absolute atomic E-state index is 10.9. The van der Waals surface area contributed by atoms with Gasteiger partial charge in [0.1, 0.15) is 0 Å². The van der Waals surface area contributed by atoms with Gasteiger partial charge in [0.2, 0.25) is 0 Å². The van der Waals surface area contributed by atoms with Crippen molar-refractivity contribution in [2.24, 2.45) is 0 Å². The average molecular weight is 278 g/mol. The zero-order valence-corrected chi connectivity index (χ0v) is 12.4. The summed E-state index contributed by atoms with van der Waals surface area (Å²) < 4.78 is 11.8. The molecule has 6 nitrogen and oxygen atoms in total. The molecule has 0 aromatic heterocycles. The first kappa shape index (κ1) is 14.8. The number of aryl methyl sites for hydroxylation is 1. The molecule has 7 heteroatoms. The molecule has 1 fully saturated rings. The number of nitrogen functional groups attached to an aromatic ring is 1. The first-order valence-corrected chi connectivity index (χ1v) is 6.45. The Balaban J connectivity index is 2.41. The minimum absolute atomic E-state index is 0.00256. The predicted molar refractivity (Wildman–Crippen MR) is 78.0 cm³/mol. The largest absolute Gasteiger partial charge is 0.496 e. The van der Waals surface area contributed by atoms with Gasteiger partial charge in [-0.15, -0.1) is 0 Å². The Morgan fingerprint density at radius 2 is 1.70 bits per heavy atom. The molecule has 0 spiro atoms. The fourth-order valence-corrected chi connectivity index (χ4v) is 2.11. The lowest BCUT2D eigenvalue weighted by Gasteiger charge is -2.32. The highest BCUT2D eigenvalue weighted by Gasteiger charge is 2.52. The molecule has 0 bridgehead atoms. The lowest BCUT2D eigenvalue weighted by molar-refractivity contribution is -0.385. The number of nitrogens with zero attached hydrogens (tertiary/aromatic N) is 1. The van der Waals surface area contributed by atoms with Gasteiger partial charge in [-0.3, -0.25) is 10.1 Å². The predicted octanol–water partition coefficient (Wildman–Crippen LogP) is 1.78. The summed E-state index contributed by atoms with van der Waals surface area (Å²) in [6.45, 7) is 9.46. The quantitative estimate of drug-likeness (QED) is 0.385. The Morgan fingerprint density at radius 1 is 1.20 bits per heavy atom. The molecule has 1 aromatic rings. The van der Waals surface area contributed by atoms with Crippen LogP contribution in [0.5, 0.6) is 0 Å². The van der Waals surface area contributed by atoms with E-state index in [-0.39, 0.29) is 5.69 Å².